The van der Waals surface area contributed by atoms with Gasteiger partial charge in [0.2, 0.25) is 0 Å². The van der Waals surface area contributed by atoms with Crippen molar-refractivity contribution in [3.63, 3.8) is 0 Å². The van der Waals surface area contributed by atoms with Crippen LogP contribution in [-0.4, -0.2) is 23.7 Å². The number of rotatable bonds is 4. The Labute approximate surface area is 153 Å². The summed E-state index contributed by atoms with van der Waals surface area (Å²) in [6, 6.07) is 2.99. The molecule has 3 heteroatoms. The van der Waals surface area contributed by atoms with E-state index >= 15 is 0 Å². The maximum atomic E-state index is 2.56. The highest BCUT2D eigenvalue weighted by Gasteiger charge is 2.60. The Morgan fingerprint density at radius 3 is 0.739 bits per heavy atom. The minimum Gasteiger partial charge on any atom is -0.0682 e. The summed E-state index contributed by atoms with van der Waals surface area (Å²) in [5.74, 6) is 0. The van der Waals surface area contributed by atoms with Crippen LogP contribution in [0.4, 0.5) is 0 Å². The molecule has 2 radical (unpaired) electrons. The molecule has 0 spiro atoms. The van der Waals surface area contributed by atoms with Gasteiger partial charge in [0.05, 0.1) is 0 Å². The molecule has 0 aliphatic carbocycles. The second kappa shape index (κ2) is 7.11. The lowest BCUT2D eigenvalue weighted by Gasteiger charge is -2.59. The van der Waals surface area contributed by atoms with Crippen molar-refractivity contribution in [1.82, 2.24) is 0 Å². The van der Waals surface area contributed by atoms with E-state index in [4.69, 9.17) is 0 Å². The smallest absolute Gasteiger partial charge is 0.0500 e. The van der Waals surface area contributed by atoms with Gasteiger partial charge in [0, 0.05) is 23.7 Å². The first-order valence-corrected chi connectivity index (χ1v) is 17.0. The quantitative estimate of drug-likeness (QED) is 0.442. The molecule has 0 aliphatic heterocycles. The summed E-state index contributed by atoms with van der Waals surface area (Å²) in [6.45, 7) is 35.8. The van der Waals surface area contributed by atoms with Gasteiger partial charge in [0.1, 0.15) is 0 Å². The Kier molecular flexibility index (Phi) is 7.31. The SMILES string of the molecule is CC[Si](CC)([Si](C(C)(C)C)C(C)(C)C)[Si](C(C)(C)C)C(C)(C)C. The molecule has 0 aromatic rings. The molecule has 23 heavy (non-hydrogen) atoms. The van der Waals surface area contributed by atoms with Gasteiger partial charge in [-0.3, -0.25) is 0 Å². The van der Waals surface area contributed by atoms with Gasteiger partial charge in [0.15, 0.2) is 0 Å². The summed E-state index contributed by atoms with van der Waals surface area (Å²) in [4.78, 5) is 0. The van der Waals surface area contributed by atoms with Crippen LogP contribution in [0.5, 0.6) is 0 Å². The Morgan fingerprint density at radius 2 is 0.652 bits per heavy atom. The van der Waals surface area contributed by atoms with Gasteiger partial charge in [-0.05, 0) is 20.2 Å². The Morgan fingerprint density at radius 1 is 0.478 bits per heavy atom. The van der Waals surface area contributed by atoms with Crippen LogP contribution in [0.15, 0.2) is 0 Å². The molecule has 0 atom stereocenters. The number of hydrogen-bond donors (Lipinski definition) is 0. The Hall–Kier alpha value is 0.651. The lowest BCUT2D eigenvalue weighted by atomic mass is 10.2. The molecule has 0 heterocycles. The van der Waals surface area contributed by atoms with Crippen LogP contribution < -0.4 is 0 Å². The monoisotopic (exact) mass is 370 g/mol. The maximum absolute atomic E-state index is 2.56. The molecule has 0 unspecified atom stereocenters. The van der Waals surface area contributed by atoms with Gasteiger partial charge in [0.25, 0.3) is 0 Å². The highest BCUT2D eigenvalue weighted by atomic mass is 29.6. The summed E-state index contributed by atoms with van der Waals surface area (Å²) < 4.78 is 0. The van der Waals surface area contributed by atoms with Crippen molar-refractivity contribution in [3.05, 3.63) is 0 Å². The fourth-order valence-corrected chi connectivity index (χ4v) is 56.6. The van der Waals surface area contributed by atoms with E-state index in [1.807, 2.05) is 0 Å². The third-order valence-corrected chi connectivity index (χ3v) is 39.0. The Bertz CT molecular complexity index is 306. The summed E-state index contributed by atoms with van der Waals surface area (Å²) in [5.41, 5.74) is 0. The second-order valence-electron chi connectivity index (χ2n) is 11.5. The molecule has 0 rings (SSSR count). The molecule has 0 aromatic carbocycles. The average molecular weight is 371 g/mol. The summed E-state index contributed by atoms with van der Waals surface area (Å²) >= 11 is 0. The van der Waals surface area contributed by atoms with Crippen molar-refractivity contribution in [1.29, 1.82) is 0 Å². The topological polar surface area (TPSA) is 0 Å². The van der Waals surface area contributed by atoms with Gasteiger partial charge in [-0.2, -0.15) is 0 Å². The van der Waals surface area contributed by atoms with Crippen molar-refractivity contribution in [2.45, 2.75) is 129 Å². The van der Waals surface area contributed by atoms with E-state index in [1.165, 1.54) is 12.1 Å². The van der Waals surface area contributed by atoms with Gasteiger partial charge in [-0.25, -0.2) is 0 Å². The largest absolute Gasteiger partial charge is 0.0682 e. The lowest BCUT2D eigenvalue weighted by molar-refractivity contribution is 0.646. The van der Waals surface area contributed by atoms with E-state index in [1.54, 1.807) is 0 Å². The molecule has 138 valence electrons. The van der Waals surface area contributed by atoms with Crippen molar-refractivity contribution in [2.75, 3.05) is 0 Å². The minimum absolute atomic E-state index is 0.454. The predicted molar refractivity (Wildman–Crippen MR) is 117 cm³/mol. The molecule has 0 nitrogen and oxygen atoms in total. The molecule has 0 bridgehead atoms. The zero-order chi connectivity index (χ0) is 19.1. The van der Waals surface area contributed by atoms with Gasteiger partial charge in [-0.1, -0.05) is 109 Å². The molecule has 0 saturated carbocycles. The first-order valence-electron chi connectivity index (χ1n) is 9.62. The average Bonchev–Trinajstić information content (AvgIpc) is 2.19. The van der Waals surface area contributed by atoms with E-state index in [2.05, 4.69) is 96.9 Å². The molecule has 0 aromatic heterocycles. The highest BCUT2D eigenvalue weighted by molar-refractivity contribution is 7.61. The first kappa shape index (κ1) is 23.7. The van der Waals surface area contributed by atoms with Gasteiger partial charge < -0.3 is 0 Å². The minimum atomic E-state index is -1.34. The fraction of sp³-hybridized carbons (Fsp3) is 1.00. The zero-order valence-electron chi connectivity index (χ0n) is 18.9. The van der Waals surface area contributed by atoms with Crippen molar-refractivity contribution < 1.29 is 0 Å². The van der Waals surface area contributed by atoms with Crippen LogP contribution in [-0.2, 0) is 0 Å². The van der Waals surface area contributed by atoms with E-state index in [9.17, 15) is 0 Å². The van der Waals surface area contributed by atoms with Crippen molar-refractivity contribution >= 4 is 23.7 Å². The van der Waals surface area contributed by atoms with E-state index in [0.29, 0.717) is 20.2 Å². The van der Waals surface area contributed by atoms with Crippen molar-refractivity contribution in [2.24, 2.45) is 0 Å². The van der Waals surface area contributed by atoms with Crippen LogP contribution in [0.1, 0.15) is 96.9 Å². The van der Waals surface area contributed by atoms with Gasteiger partial charge >= 0.3 is 0 Å². The molecular weight excluding hydrogens is 324 g/mol. The standard InChI is InChI=1S/C20H46Si3/c1-15-23(16-2,21(17(3,4)5)18(6,7)8)22(19(9,10)11)20(12,13)14/h15-16H2,1-14H3. The van der Waals surface area contributed by atoms with Crippen LogP contribution >= 0.6 is 0 Å². The third-order valence-electron chi connectivity index (χ3n) is 5.16. The van der Waals surface area contributed by atoms with E-state index in [0.717, 1.165) is 0 Å². The highest BCUT2D eigenvalue weighted by Crippen LogP contribution is 2.56. The van der Waals surface area contributed by atoms with Crippen LogP contribution in [0, 0.1) is 0 Å². The normalized spacial score (nSPS) is 15.7. The maximum Gasteiger partial charge on any atom is 0.0500 e. The predicted octanol–water partition coefficient (Wildman–Crippen LogP) is 7.82. The summed E-state index contributed by atoms with van der Waals surface area (Å²) in [7, 11) is -2.25. The van der Waals surface area contributed by atoms with Gasteiger partial charge in [-0.15, -0.1) is 0 Å². The third kappa shape index (κ3) is 5.31. The molecule has 0 fully saturated rings. The van der Waals surface area contributed by atoms with E-state index in [-0.39, 0.29) is 0 Å². The van der Waals surface area contributed by atoms with Crippen molar-refractivity contribution in [3.8, 4) is 0 Å². The Balaban J connectivity index is 6.68. The number of hydrogen-bond acceptors (Lipinski definition) is 0. The molecule has 0 aliphatic rings. The molecule has 0 amide bonds. The molecule has 0 N–H and O–H groups in total. The molecule has 0 saturated heterocycles. The summed E-state index contributed by atoms with van der Waals surface area (Å²) in [5, 5.41) is 1.97. The summed E-state index contributed by atoms with van der Waals surface area (Å²) in [6.07, 6.45) is 0. The zero-order valence-corrected chi connectivity index (χ0v) is 21.9. The van der Waals surface area contributed by atoms with Crippen LogP contribution in [0.25, 0.3) is 0 Å². The lowest BCUT2D eigenvalue weighted by Crippen LogP contribution is -2.72. The molecular formula is C20H46Si3. The van der Waals surface area contributed by atoms with Crippen LogP contribution in [0.2, 0.25) is 32.2 Å². The van der Waals surface area contributed by atoms with Crippen LogP contribution in [0.3, 0.4) is 0 Å². The van der Waals surface area contributed by atoms with E-state index < -0.39 is 23.7 Å². The second-order valence-corrected chi connectivity index (χ2v) is 32.9. The first-order chi connectivity index (χ1) is 9.85. The fourth-order valence-electron chi connectivity index (χ4n) is 6.20.